The van der Waals surface area contributed by atoms with Crippen LogP contribution in [0, 0.1) is 5.82 Å². The molecule has 1 aromatic carbocycles. The highest BCUT2D eigenvalue weighted by molar-refractivity contribution is 6.31. The van der Waals surface area contributed by atoms with E-state index in [1.165, 1.54) is 18.4 Å². The van der Waals surface area contributed by atoms with Crippen molar-refractivity contribution in [3.8, 4) is 0 Å². The second-order valence-electron chi connectivity index (χ2n) is 3.91. The van der Waals surface area contributed by atoms with E-state index in [0.717, 1.165) is 0 Å². The maximum absolute atomic E-state index is 13.6. The molecule has 0 spiro atoms. The van der Waals surface area contributed by atoms with Crippen molar-refractivity contribution in [2.75, 3.05) is 0 Å². The molecule has 4 heteroatoms. The first kappa shape index (κ1) is 12.8. The Bertz CT molecular complexity index is 555. The fourth-order valence-corrected chi connectivity index (χ4v) is 2.05. The molecule has 2 rings (SSSR count). The summed E-state index contributed by atoms with van der Waals surface area (Å²) in [6, 6.07) is 5.99. The SMILES string of the molecule is CCc1occc1C(=O)Cc1c(F)cccc1Cl. The van der Waals surface area contributed by atoms with Gasteiger partial charge in [-0.1, -0.05) is 24.6 Å². The quantitative estimate of drug-likeness (QED) is 0.781. The molecule has 94 valence electrons. The molecule has 0 atom stereocenters. The lowest BCUT2D eigenvalue weighted by Gasteiger charge is -2.05. The van der Waals surface area contributed by atoms with Crippen LogP contribution < -0.4 is 0 Å². The molecular formula is C14H12ClFO2. The third-order valence-electron chi connectivity index (χ3n) is 2.77. The molecule has 0 radical (unpaired) electrons. The Balaban J connectivity index is 2.27. The Morgan fingerprint density at radius 1 is 1.39 bits per heavy atom. The number of hydrogen-bond acceptors (Lipinski definition) is 2. The number of furan rings is 1. The van der Waals surface area contributed by atoms with E-state index in [1.54, 1.807) is 12.1 Å². The van der Waals surface area contributed by atoms with Gasteiger partial charge in [0.1, 0.15) is 11.6 Å². The van der Waals surface area contributed by atoms with Crippen molar-refractivity contribution >= 4 is 17.4 Å². The largest absolute Gasteiger partial charge is 0.469 e. The molecule has 0 amide bonds. The Hall–Kier alpha value is -1.61. The maximum atomic E-state index is 13.6. The number of Topliss-reactive ketones (excluding diaryl/α,β-unsaturated/α-hetero) is 1. The van der Waals surface area contributed by atoms with Gasteiger partial charge in [-0.05, 0) is 18.2 Å². The predicted molar refractivity (Wildman–Crippen MR) is 67.5 cm³/mol. The number of aryl methyl sites for hydroxylation is 1. The van der Waals surface area contributed by atoms with Crippen molar-refractivity contribution in [1.82, 2.24) is 0 Å². The first-order chi connectivity index (χ1) is 8.63. The maximum Gasteiger partial charge on any atom is 0.170 e. The van der Waals surface area contributed by atoms with Gasteiger partial charge in [0.15, 0.2) is 5.78 Å². The molecule has 0 aliphatic heterocycles. The molecule has 0 fully saturated rings. The number of ketones is 1. The van der Waals surface area contributed by atoms with Crippen molar-refractivity contribution in [3.05, 3.63) is 58.3 Å². The van der Waals surface area contributed by atoms with Crippen LogP contribution >= 0.6 is 11.6 Å². The summed E-state index contributed by atoms with van der Waals surface area (Å²) in [7, 11) is 0. The predicted octanol–water partition coefficient (Wildman–Crippen LogP) is 4.06. The van der Waals surface area contributed by atoms with Crippen LogP contribution in [0.15, 0.2) is 34.9 Å². The summed E-state index contributed by atoms with van der Waals surface area (Å²) in [4.78, 5) is 12.1. The van der Waals surface area contributed by atoms with E-state index in [1.807, 2.05) is 6.92 Å². The van der Waals surface area contributed by atoms with Gasteiger partial charge in [-0.3, -0.25) is 4.79 Å². The Labute approximate surface area is 109 Å². The highest BCUT2D eigenvalue weighted by atomic mass is 35.5. The molecule has 1 aromatic heterocycles. The van der Waals surface area contributed by atoms with Gasteiger partial charge in [-0.15, -0.1) is 0 Å². The molecule has 0 unspecified atom stereocenters. The van der Waals surface area contributed by atoms with Crippen molar-refractivity contribution in [2.24, 2.45) is 0 Å². The average Bonchev–Trinajstić information content (AvgIpc) is 2.82. The van der Waals surface area contributed by atoms with Crippen LogP contribution in [-0.2, 0) is 12.8 Å². The van der Waals surface area contributed by atoms with E-state index >= 15 is 0 Å². The van der Waals surface area contributed by atoms with Gasteiger partial charge in [0.05, 0.1) is 11.8 Å². The monoisotopic (exact) mass is 266 g/mol. The third-order valence-corrected chi connectivity index (χ3v) is 3.12. The van der Waals surface area contributed by atoms with Crippen LogP contribution in [0.4, 0.5) is 4.39 Å². The van der Waals surface area contributed by atoms with Gasteiger partial charge in [0, 0.05) is 23.4 Å². The van der Waals surface area contributed by atoms with Gasteiger partial charge in [-0.25, -0.2) is 4.39 Å². The highest BCUT2D eigenvalue weighted by Crippen LogP contribution is 2.22. The number of rotatable bonds is 4. The lowest BCUT2D eigenvalue weighted by Crippen LogP contribution is -2.07. The molecule has 0 saturated heterocycles. The molecule has 0 N–H and O–H groups in total. The lowest BCUT2D eigenvalue weighted by molar-refractivity contribution is 0.0990. The number of carbonyl (C=O) groups is 1. The Kier molecular flexibility index (Phi) is 3.82. The summed E-state index contributed by atoms with van der Waals surface area (Å²) < 4.78 is 18.8. The minimum absolute atomic E-state index is 0.0575. The summed E-state index contributed by atoms with van der Waals surface area (Å²) in [6.07, 6.45) is 2.03. The zero-order chi connectivity index (χ0) is 13.1. The normalized spacial score (nSPS) is 10.6. The second-order valence-corrected chi connectivity index (χ2v) is 4.32. The standard InChI is InChI=1S/C14H12ClFO2/c1-2-14-9(6-7-18-14)13(17)8-10-11(15)4-3-5-12(10)16/h3-7H,2,8H2,1H3. The number of hydrogen-bond donors (Lipinski definition) is 0. The third kappa shape index (κ3) is 2.46. The van der Waals surface area contributed by atoms with Crippen molar-refractivity contribution in [1.29, 1.82) is 0 Å². The lowest BCUT2D eigenvalue weighted by atomic mass is 10.0. The smallest absolute Gasteiger partial charge is 0.170 e. The molecule has 0 aliphatic carbocycles. The molecule has 0 aliphatic rings. The van der Waals surface area contributed by atoms with E-state index in [2.05, 4.69) is 0 Å². The summed E-state index contributed by atoms with van der Waals surface area (Å²) >= 11 is 5.89. The van der Waals surface area contributed by atoms with Crippen LogP contribution in [0.25, 0.3) is 0 Å². The molecule has 18 heavy (non-hydrogen) atoms. The van der Waals surface area contributed by atoms with Gasteiger partial charge < -0.3 is 4.42 Å². The topological polar surface area (TPSA) is 30.2 Å². The van der Waals surface area contributed by atoms with E-state index in [9.17, 15) is 9.18 Å². The van der Waals surface area contributed by atoms with Crippen LogP contribution in [0.3, 0.4) is 0 Å². The van der Waals surface area contributed by atoms with Gasteiger partial charge >= 0.3 is 0 Å². The number of benzene rings is 1. The van der Waals surface area contributed by atoms with Gasteiger partial charge in [0.25, 0.3) is 0 Å². The summed E-state index contributed by atoms with van der Waals surface area (Å²) in [5.41, 5.74) is 0.726. The van der Waals surface area contributed by atoms with Crippen LogP contribution in [0.2, 0.25) is 5.02 Å². The molecule has 0 bridgehead atoms. The molecule has 0 saturated carbocycles. The molecule has 2 nitrogen and oxygen atoms in total. The summed E-state index contributed by atoms with van der Waals surface area (Å²) in [6.45, 7) is 1.89. The first-order valence-electron chi connectivity index (χ1n) is 5.66. The Morgan fingerprint density at radius 2 is 2.17 bits per heavy atom. The van der Waals surface area contributed by atoms with Crippen LogP contribution in [-0.4, -0.2) is 5.78 Å². The minimum atomic E-state index is -0.461. The zero-order valence-electron chi connectivity index (χ0n) is 9.87. The summed E-state index contributed by atoms with van der Waals surface area (Å²) in [5, 5.41) is 0.268. The van der Waals surface area contributed by atoms with E-state index in [4.69, 9.17) is 16.0 Å². The molecular weight excluding hydrogens is 255 g/mol. The molecule has 1 heterocycles. The first-order valence-corrected chi connectivity index (χ1v) is 6.03. The van der Waals surface area contributed by atoms with Crippen molar-refractivity contribution in [3.63, 3.8) is 0 Å². The van der Waals surface area contributed by atoms with Crippen molar-refractivity contribution < 1.29 is 13.6 Å². The highest BCUT2D eigenvalue weighted by Gasteiger charge is 2.17. The van der Waals surface area contributed by atoms with Crippen LogP contribution in [0.1, 0.15) is 28.6 Å². The van der Waals surface area contributed by atoms with Gasteiger partial charge in [-0.2, -0.15) is 0 Å². The molecule has 2 aromatic rings. The number of halogens is 2. The zero-order valence-corrected chi connectivity index (χ0v) is 10.6. The van der Waals surface area contributed by atoms with E-state index in [0.29, 0.717) is 17.7 Å². The summed E-state index contributed by atoms with van der Waals surface area (Å²) in [5.74, 6) is -0.0301. The minimum Gasteiger partial charge on any atom is -0.469 e. The average molecular weight is 267 g/mol. The van der Waals surface area contributed by atoms with Crippen LogP contribution in [0.5, 0.6) is 0 Å². The second kappa shape index (κ2) is 5.36. The fraction of sp³-hybridized carbons (Fsp3) is 0.214. The van der Waals surface area contributed by atoms with E-state index in [-0.39, 0.29) is 22.8 Å². The Morgan fingerprint density at radius 3 is 2.83 bits per heavy atom. The van der Waals surface area contributed by atoms with E-state index < -0.39 is 5.82 Å². The number of carbonyl (C=O) groups excluding carboxylic acids is 1. The van der Waals surface area contributed by atoms with Gasteiger partial charge in [0.2, 0.25) is 0 Å². The fourth-order valence-electron chi connectivity index (χ4n) is 1.82. The van der Waals surface area contributed by atoms with Crippen molar-refractivity contribution in [2.45, 2.75) is 19.8 Å².